The Labute approximate surface area is 163 Å². The van der Waals surface area contributed by atoms with Gasteiger partial charge in [-0.15, -0.1) is 0 Å². The second kappa shape index (κ2) is 7.45. The molecule has 4 nitrogen and oxygen atoms in total. The molecule has 0 saturated carbocycles. The Kier molecular flexibility index (Phi) is 4.68. The summed E-state index contributed by atoms with van der Waals surface area (Å²) in [6.45, 7) is 1.52. The number of aliphatic imine (C=N–C) groups is 1. The molecule has 0 spiro atoms. The Bertz CT molecular complexity index is 1080. The van der Waals surface area contributed by atoms with Crippen LogP contribution in [0.25, 0.3) is 6.08 Å². The van der Waals surface area contributed by atoms with E-state index in [1.807, 2.05) is 60.7 Å². The molecule has 3 aromatic rings. The van der Waals surface area contributed by atoms with Gasteiger partial charge in [0.2, 0.25) is 0 Å². The van der Waals surface area contributed by atoms with Gasteiger partial charge < -0.3 is 0 Å². The fraction of sp³-hybridized carbons (Fsp3) is 0.0417. The molecule has 0 unspecified atom stereocenters. The number of ketones is 1. The Morgan fingerprint density at radius 1 is 0.857 bits per heavy atom. The molecule has 0 bridgehead atoms. The van der Waals surface area contributed by atoms with Crippen molar-refractivity contribution in [2.24, 2.45) is 4.99 Å². The van der Waals surface area contributed by atoms with Crippen molar-refractivity contribution in [1.29, 1.82) is 0 Å². The average molecular weight is 366 g/mol. The maximum atomic E-state index is 13.2. The van der Waals surface area contributed by atoms with Crippen LogP contribution in [-0.4, -0.2) is 17.5 Å². The highest BCUT2D eigenvalue weighted by Crippen LogP contribution is 2.28. The van der Waals surface area contributed by atoms with Crippen LogP contribution in [0.3, 0.4) is 0 Å². The lowest BCUT2D eigenvalue weighted by atomic mass is 10.1. The molecule has 1 amide bonds. The van der Waals surface area contributed by atoms with Crippen molar-refractivity contribution in [1.82, 2.24) is 0 Å². The zero-order chi connectivity index (χ0) is 19.5. The average Bonchev–Trinajstić information content (AvgIpc) is 3.05. The van der Waals surface area contributed by atoms with Crippen molar-refractivity contribution in [2.75, 3.05) is 4.90 Å². The molecule has 28 heavy (non-hydrogen) atoms. The minimum Gasteiger partial charge on any atom is -0.295 e. The first-order valence-corrected chi connectivity index (χ1v) is 9.00. The van der Waals surface area contributed by atoms with Gasteiger partial charge in [0.15, 0.2) is 5.78 Å². The van der Waals surface area contributed by atoms with Gasteiger partial charge in [0, 0.05) is 11.1 Å². The summed E-state index contributed by atoms with van der Waals surface area (Å²) < 4.78 is 0. The van der Waals surface area contributed by atoms with E-state index in [1.54, 1.807) is 35.2 Å². The van der Waals surface area contributed by atoms with Gasteiger partial charge in [-0.3, -0.25) is 14.5 Å². The van der Waals surface area contributed by atoms with E-state index in [4.69, 9.17) is 0 Å². The van der Waals surface area contributed by atoms with Crippen LogP contribution in [0.15, 0.2) is 95.6 Å². The van der Waals surface area contributed by atoms with Crippen LogP contribution in [0.2, 0.25) is 0 Å². The molecule has 4 rings (SSSR count). The predicted octanol–water partition coefficient (Wildman–Crippen LogP) is 4.72. The van der Waals surface area contributed by atoms with Crippen LogP contribution < -0.4 is 4.90 Å². The molecule has 136 valence electrons. The number of carbonyl (C=O) groups excluding carboxylic acids is 2. The fourth-order valence-corrected chi connectivity index (χ4v) is 3.09. The SMILES string of the molecule is CC(=O)c1ccc(N2C(=O)/C(=C\c3ccccc3)N=C2c2ccccc2)cc1. The van der Waals surface area contributed by atoms with Gasteiger partial charge in [0.1, 0.15) is 11.5 Å². The van der Waals surface area contributed by atoms with E-state index < -0.39 is 0 Å². The number of amides is 1. The summed E-state index contributed by atoms with van der Waals surface area (Å²) >= 11 is 0. The predicted molar refractivity (Wildman–Crippen MR) is 111 cm³/mol. The third-order valence-corrected chi connectivity index (χ3v) is 4.53. The first-order valence-electron chi connectivity index (χ1n) is 9.00. The lowest BCUT2D eigenvalue weighted by molar-refractivity contribution is -0.113. The Morgan fingerprint density at radius 2 is 1.46 bits per heavy atom. The Morgan fingerprint density at radius 3 is 2.07 bits per heavy atom. The fourth-order valence-electron chi connectivity index (χ4n) is 3.09. The van der Waals surface area contributed by atoms with Gasteiger partial charge >= 0.3 is 0 Å². The maximum Gasteiger partial charge on any atom is 0.282 e. The monoisotopic (exact) mass is 366 g/mol. The first kappa shape index (κ1) is 17.6. The number of nitrogens with zero attached hydrogens (tertiary/aromatic N) is 2. The number of hydrogen-bond donors (Lipinski definition) is 0. The summed E-state index contributed by atoms with van der Waals surface area (Å²) in [5, 5.41) is 0. The molecule has 0 aliphatic carbocycles. The summed E-state index contributed by atoms with van der Waals surface area (Å²) in [4.78, 5) is 31.0. The van der Waals surface area contributed by atoms with Crippen molar-refractivity contribution < 1.29 is 9.59 Å². The van der Waals surface area contributed by atoms with Crippen molar-refractivity contribution >= 4 is 29.3 Å². The molecule has 1 aliphatic heterocycles. The van der Waals surface area contributed by atoms with Crippen LogP contribution in [0.5, 0.6) is 0 Å². The van der Waals surface area contributed by atoms with Crippen LogP contribution >= 0.6 is 0 Å². The number of amidine groups is 1. The standard InChI is InChI=1S/C24H18N2O2/c1-17(27)19-12-14-21(15-13-19)26-23(20-10-6-3-7-11-20)25-22(24(26)28)16-18-8-4-2-5-9-18/h2-16H,1H3/b22-16+. The second-order valence-electron chi connectivity index (χ2n) is 6.49. The van der Waals surface area contributed by atoms with Gasteiger partial charge in [0.25, 0.3) is 5.91 Å². The first-order chi connectivity index (χ1) is 13.6. The van der Waals surface area contributed by atoms with Crippen molar-refractivity contribution in [2.45, 2.75) is 6.92 Å². The number of carbonyl (C=O) groups is 2. The number of hydrogen-bond acceptors (Lipinski definition) is 3. The van der Waals surface area contributed by atoms with Gasteiger partial charge in [-0.2, -0.15) is 0 Å². The Balaban J connectivity index is 1.80. The number of benzene rings is 3. The molecule has 1 heterocycles. The summed E-state index contributed by atoms with van der Waals surface area (Å²) in [7, 11) is 0. The van der Waals surface area contributed by atoms with E-state index in [2.05, 4.69) is 4.99 Å². The summed E-state index contributed by atoms with van der Waals surface area (Å²) in [6.07, 6.45) is 1.79. The van der Waals surface area contributed by atoms with Crippen LogP contribution in [-0.2, 0) is 4.79 Å². The highest BCUT2D eigenvalue weighted by Gasteiger charge is 2.32. The molecular formula is C24H18N2O2. The molecule has 1 aliphatic rings. The van der Waals surface area contributed by atoms with E-state index in [0.717, 1.165) is 11.1 Å². The largest absolute Gasteiger partial charge is 0.295 e. The molecule has 0 radical (unpaired) electrons. The summed E-state index contributed by atoms with van der Waals surface area (Å²) in [5.74, 6) is 0.363. The quantitative estimate of drug-likeness (QED) is 0.495. The Hall–Kier alpha value is -3.79. The van der Waals surface area contributed by atoms with E-state index in [0.29, 0.717) is 22.8 Å². The lowest BCUT2D eigenvalue weighted by Crippen LogP contribution is -2.32. The summed E-state index contributed by atoms with van der Waals surface area (Å²) in [5.41, 5.74) is 3.42. The molecule has 0 fully saturated rings. The molecule has 0 aromatic heterocycles. The molecule has 0 N–H and O–H groups in total. The van der Waals surface area contributed by atoms with E-state index >= 15 is 0 Å². The minimum atomic E-state index is -0.196. The van der Waals surface area contributed by atoms with Crippen molar-refractivity contribution in [3.63, 3.8) is 0 Å². The zero-order valence-corrected chi connectivity index (χ0v) is 15.4. The van der Waals surface area contributed by atoms with Gasteiger partial charge in [-0.05, 0) is 42.8 Å². The maximum absolute atomic E-state index is 13.2. The van der Waals surface area contributed by atoms with E-state index in [1.165, 1.54) is 6.92 Å². The summed E-state index contributed by atoms with van der Waals surface area (Å²) in [6, 6.07) is 26.3. The van der Waals surface area contributed by atoms with Crippen LogP contribution in [0.4, 0.5) is 5.69 Å². The molecule has 3 aromatic carbocycles. The smallest absolute Gasteiger partial charge is 0.282 e. The zero-order valence-electron chi connectivity index (χ0n) is 15.4. The molecule has 0 atom stereocenters. The normalized spacial score (nSPS) is 15.0. The van der Waals surface area contributed by atoms with Crippen molar-refractivity contribution in [3.05, 3.63) is 107 Å². The number of Topliss-reactive ketones (excluding diaryl/α,β-unsaturated/α-hetero) is 1. The highest BCUT2D eigenvalue weighted by atomic mass is 16.2. The molecule has 4 heteroatoms. The van der Waals surface area contributed by atoms with Gasteiger partial charge in [0.05, 0.1) is 5.69 Å². The number of rotatable bonds is 4. The molecular weight excluding hydrogens is 348 g/mol. The van der Waals surface area contributed by atoms with E-state index in [-0.39, 0.29) is 11.7 Å². The second-order valence-corrected chi connectivity index (χ2v) is 6.49. The van der Waals surface area contributed by atoms with Gasteiger partial charge in [-0.25, -0.2) is 4.99 Å². The van der Waals surface area contributed by atoms with Crippen LogP contribution in [0, 0.1) is 0 Å². The third-order valence-electron chi connectivity index (χ3n) is 4.53. The molecule has 0 saturated heterocycles. The van der Waals surface area contributed by atoms with E-state index in [9.17, 15) is 9.59 Å². The topological polar surface area (TPSA) is 49.7 Å². The number of anilines is 1. The van der Waals surface area contributed by atoms with Crippen molar-refractivity contribution in [3.8, 4) is 0 Å². The lowest BCUT2D eigenvalue weighted by Gasteiger charge is -2.18. The highest BCUT2D eigenvalue weighted by molar-refractivity contribution is 6.33. The minimum absolute atomic E-state index is 0.0130. The van der Waals surface area contributed by atoms with Gasteiger partial charge in [-0.1, -0.05) is 60.7 Å². The third kappa shape index (κ3) is 3.40. The van der Waals surface area contributed by atoms with Crippen LogP contribution in [0.1, 0.15) is 28.4 Å².